The van der Waals surface area contributed by atoms with Crippen LogP contribution in [0, 0.1) is 0 Å². The van der Waals surface area contributed by atoms with E-state index in [1.54, 1.807) is 17.5 Å². The molecular weight excluding hydrogens is 408 g/mol. The second-order valence-corrected chi connectivity index (χ2v) is 9.42. The van der Waals surface area contributed by atoms with Crippen LogP contribution < -0.4 is 10.6 Å². The average Bonchev–Trinajstić information content (AvgIpc) is 3.43. The number of nitrogens with one attached hydrogen (secondary N) is 2. The Labute approximate surface area is 173 Å². The minimum atomic E-state index is -3.65. The predicted octanol–water partition coefficient (Wildman–Crippen LogP) is 3.92. The Kier molecular flexibility index (Phi) is 5.61. The maximum Gasteiger partial charge on any atom is 0.267 e. The first-order valence-corrected chi connectivity index (χ1v) is 11.5. The zero-order chi connectivity index (χ0) is 20.3. The van der Waals surface area contributed by atoms with Crippen molar-refractivity contribution in [2.75, 3.05) is 23.7 Å². The van der Waals surface area contributed by atoms with Crippen molar-refractivity contribution in [3.63, 3.8) is 0 Å². The zero-order valence-electron chi connectivity index (χ0n) is 15.5. The van der Waals surface area contributed by atoms with Crippen LogP contribution in [0.2, 0.25) is 0 Å². The third-order valence-corrected chi connectivity index (χ3v) is 7.57. The number of rotatable bonds is 6. The van der Waals surface area contributed by atoms with Crippen LogP contribution in [0.1, 0.15) is 22.5 Å². The van der Waals surface area contributed by atoms with Crippen LogP contribution in [0.15, 0.2) is 65.0 Å². The molecule has 2 aromatic heterocycles. The third-order valence-electron chi connectivity index (χ3n) is 4.59. The summed E-state index contributed by atoms with van der Waals surface area (Å²) in [6.45, 7) is 0.998. The molecule has 0 radical (unpaired) electrons. The van der Waals surface area contributed by atoms with Crippen molar-refractivity contribution >= 4 is 44.5 Å². The lowest BCUT2D eigenvalue weighted by Crippen LogP contribution is -2.29. The van der Waals surface area contributed by atoms with Gasteiger partial charge in [-0.25, -0.2) is 13.4 Å². The van der Waals surface area contributed by atoms with Gasteiger partial charge in [-0.2, -0.15) is 4.31 Å². The molecule has 29 heavy (non-hydrogen) atoms. The number of hydrogen-bond acceptors (Lipinski definition) is 6. The summed E-state index contributed by atoms with van der Waals surface area (Å²) in [5.74, 6) is 0.186. The topological polar surface area (TPSA) is 91.4 Å². The van der Waals surface area contributed by atoms with Gasteiger partial charge in [0.05, 0.1) is 11.9 Å². The molecule has 0 aliphatic carbocycles. The van der Waals surface area contributed by atoms with Crippen LogP contribution in [-0.2, 0) is 10.0 Å². The molecule has 9 heteroatoms. The van der Waals surface area contributed by atoms with E-state index in [-0.39, 0.29) is 9.77 Å². The molecule has 3 heterocycles. The van der Waals surface area contributed by atoms with Gasteiger partial charge in [0.1, 0.15) is 15.6 Å². The molecule has 0 bridgehead atoms. The number of thiophene rings is 1. The number of nitrogens with zero attached hydrogens (tertiary/aromatic N) is 2. The third kappa shape index (κ3) is 4.31. The van der Waals surface area contributed by atoms with Gasteiger partial charge in [-0.15, -0.1) is 11.3 Å². The molecular formula is C20H20N4O3S2. The maximum atomic E-state index is 12.8. The van der Waals surface area contributed by atoms with Crippen LogP contribution in [-0.4, -0.2) is 36.7 Å². The van der Waals surface area contributed by atoms with E-state index in [4.69, 9.17) is 0 Å². The summed E-state index contributed by atoms with van der Waals surface area (Å²) in [5, 5.41) is 7.53. The number of benzene rings is 1. The minimum absolute atomic E-state index is 0.0669. The molecule has 0 unspecified atom stereocenters. The van der Waals surface area contributed by atoms with Gasteiger partial charge < -0.3 is 10.6 Å². The van der Waals surface area contributed by atoms with Gasteiger partial charge in [-0.05, 0) is 48.6 Å². The molecule has 1 fully saturated rings. The van der Waals surface area contributed by atoms with Gasteiger partial charge in [0.25, 0.3) is 5.91 Å². The normalized spacial score (nSPS) is 14.6. The second-order valence-electron chi connectivity index (χ2n) is 6.60. The smallest absolute Gasteiger partial charge is 0.267 e. The largest absolute Gasteiger partial charge is 0.340 e. The first-order valence-electron chi connectivity index (χ1n) is 9.21. The highest BCUT2D eigenvalue weighted by molar-refractivity contribution is 7.89. The molecule has 150 valence electrons. The first-order chi connectivity index (χ1) is 14.0. The first kappa shape index (κ1) is 19.6. The van der Waals surface area contributed by atoms with E-state index in [9.17, 15) is 13.2 Å². The van der Waals surface area contributed by atoms with E-state index in [1.165, 1.54) is 16.6 Å². The van der Waals surface area contributed by atoms with Gasteiger partial charge in [0, 0.05) is 18.8 Å². The Bertz CT molecular complexity index is 1090. The van der Waals surface area contributed by atoms with Gasteiger partial charge >= 0.3 is 0 Å². The van der Waals surface area contributed by atoms with Crippen LogP contribution in [0.5, 0.6) is 0 Å². The lowest BCUT2D eigenvalue weighted by molar-refractivity contribution is 0.102. The summed E-state index contributed by atoms with van der Waals surface area (Å²) in [5.41, 5.74) is 1.40. The van der Waals surface area contributed by atoms with Crippen LogP contribution in [0.25, 0.3) is 0 Å². The van der Waals surface area contributed by atoms with Crippen molar-refractivity contribution in [2.24, 2.45) is 0 Å². The van der Waals surface area contributed by atoms with Crippen LogP contribution >= 0.6 is 11.3 Å². The number of carbonyl (C=O) groups excluding carboxylic acids is 1. The summed E-state index contributed by atoms with van der Waals surface area (Å²) in [7, 11) is -3.65. The summed E-state index contributed by atoms with van der Waals surface area (Å²) in [4.78, 5) is 17.3. The van der Waals surface area contributed by atoms with Gasteiger partial charge in [0.15, 0.2) is 0 Å². The number of anilines is 3. The molecule has 0 saturated carbocycles. The van der Waals surface area contributed by atoms with Crippen molar-refractivity contribution in [3.8, 4) is 0 Å². The van der Waals surface area contributed by atoms with E-state index in [0.717, 1.165) is 29.9 Å². The highest BCUT2D eigenvalue weighted by Gasteiger charge is 2.31. The summed E-state index contributed by atoms with van der Waals surface area (Å²) >= 11 is 1.12. The molecule has 3 aromatic rings. The van der Waals surface area contributed by atoms with E-state index < -0.39 is 15.9 Å². The Morgan fingerprint density at radius 2 is 1.76 bits per heavy atom. The van der Waals surface area contributed by atoms with E-state index in [1.807, 2.05) is 30.3 Å². The fourth-order valence-electron chi connectivity index (χ4n) is 3.13. The Morgan fingerprint density at radius 3 is 2.45 bits per heavy atom. The Morgan fingerprint density at radius 1 is 1.00 bits per heavy atom. The average molecular weight is 429 g/mol. The molecule has 7 nitrogen and oxygen atoms in total. The summed E-state index contributed by atoms with van der Waals surface area (Å²) in [6, 6.07) is 14.6. The fraction of sp³-hybridized carbons (Fsp3) is 0.200. The van der Waals surface area contributed by atoms with Crippen molar-refractivity contribution < 1.29 is 13.2 Å². The standard InChI is InChI=1S/C20H20N4O3S2/c25-20(19-17(10-13-28-19)29(26,27)24-11-4-5-12-24)23-16-8-9-18(21-14-16)22-15-6-2-1-3-7-15/h1-3,6-10,13-14H,4-5,11-12H2,(H,21,22)(H,23,25). The molecule has 1 amide bonds. The number of aromatic nitrogens is 1. The number of carbonyl (C=O) groups is 1. The number of pyridine rings is 1. The number of para-hydroxylation sites is 1. The summed E-state index contributed by atoms with van der Waals surface area (Å²) < 4.78 is 27.1. The molecule has 1 aromatic carbocycles. The number of sulfonamides is 1. The predicted molar refractivity (Wildman–Crippen MR) is 114 cm³/mol. The van der Waals surface area contributed by atoms with Crippen LogP contribution in [0.3, 0.4) is 0 Å². The SMILES string of the molecule is O=C(Nc1ccc(Nc2ccccc2)nc1)c1sccc1S(=O)(=O)N1CCCC1. The van der Waals surface area contributed by atoms with Gasteiger partial charge in [-0.3, -0.25) is 4.79 Å². The molecule has 1 aliphatic rings. The molecule has 1 aliphatic heterocycles. The van der Waals surface area contributed by atoms with E-state index in [0.29, 0.717) is 24.6 Å². The molecule has 2 N–H and O–H groups in total. The lowest BCUT2D eigenvalue weighted by Gasteiger charge is -2.15. The Balaban J connectivity index is 1.47. The number of amides is 1. The van der Waals surface area contributed by atoms with Crippen molar-refractivity contribution in [1.29, 1.82) is 0 Å². The molecule has 0 spiro atoms. The maximum absolute atomic E-state index is 12.8. The van der Waals surface area contributed by atoms with Gasteiger partial charge in [0.2, 0.25) is 10.0 Å². The highest BCUT2D eigenvalue weighted by Crippen LogP contribution is 2.28. The fourth-order valence-corrected chi connectivity index (χ4v) is 5.95. The quantitative estimate of drug-likeness (QED) is 0.621. The number of hydrogen-bond donors (Lipinski definition) is 2. The highest BCUT2D eigenvalue weighted by atomic mass is 32.2. The Hall–Kier alpha value is -2.75. The molecule has 0 atom stereocenters. The zero-order valence-corrected chi connectivity index (χ0v) is 17.2. The summed E-state index contributed by atoms with van der Waals surface area (Å²) in [6.07, 6.45) is 3.23. The van der Waals surface area contributed by atoms with Crippen LogP contribution in [0.4, 0.5) is 17.2 Å². The van der Waals surface area contributed by atoms with E-state index in [2.05, 4.69) is 15.6 Å². The lowest BCUT2D eigenvalue weighted by atomic mass is 10.3. The van der Waals surface area contributed by atoms with Crippen molar-refractivity contribution in [2.45, 2.75) is 17.7 Å². The minimum Gasteiger partial charge on any atom is -0.340 e. The van der Waals surface area contributed by atoms with Crippen molar-refractivity contribution in [3.05, 3.63) is 65.0 Å². The second kappa shape index (κ2) is 8.32. The monoisotopic (exact) mass is 428 g/mol. The van der Waals surface area contributed by atoms with Crippen molar-refractivity contribution in [1.82, 2.24) is 9.29 Å². The van der Waals surface area contributed by atoms with Gasteiger partial charge in [-0.1, -0.05) is 18.2 Å². The molecule has 4 rings (SSSR count). The molecule has 1 saturated heterocycles. The van der Waals surface area contributed by atoms with E-state index >= 15 is 0 Å².